The van der Waals surface area contributed by atoms with Crippen molar-refractivity contribution < 1.29 is 4.74 Å². The molecule has 1 heterocycles. The number of piperidine rings is 1. The van der Waals surface area contributed by atoms with Crippen LogP contribution in [0, 0.1) is 5.92 Å². The van der Waals surface area contributed by atoms with Gasteiger partial charge in [0.25, 0.3) is 0 Å². The molecular weight excluding hydrogens is 236 g/mol. The van der Waals surface area contributed by atoms with Gasteiger partial charge in [-0.1, -0.05) is 13.8 Å². The number of nitrogens with two attached hydrogens (primary N) is 1. The van der Waals surface area contributed by atoms with Crippen molar-refractivity contribution in [3.63, 3.8) is 0 Å². The molecule has 1 aliphatic rings. The molecule has 2 unspecified atom stereocenters. The van der Waals surface area contributed by atoms with Crippen LogP contribution in [-0.4, -0.2) is 19.2 Å². The molecule has 0 aromatic heterocycles. The van der Waals surface area contributed by atoms with Gasteiger partial charge in [-0.3, -0.25) is 0 Å². The highest BCUT2D eigenvalue weighted by molar-refractivity contribution is 5.62. The van der Waals surface area contributed by atoms with E-state index in [0.29, 0.717) is 6.04 Å². The smallest absolute Gasteiger partial charge is 0.144 e. The number of ether oxygens (including phenoxy) is 1. The summed E-state index contributed by atoms with van der Waals surface area (Å²) >= 11 is 0. The minimum absolute atomic E-state index is 0.596. The van der Waals surface area contributed by atoms with Crippen LogP contribution in [0.5, 0.6) is 5.75 Å². The van der Waals surface area contributed by atoms with Crippen molar-refractivity contribution in [2.75, 3.05) is 23.8 Å². The molecule has 19 heavy (non-hydrogen) atoms. The maximum atomic E-state index is 5.98. The summed E-state index contributed by atoms with van der Waals surface area (Å²) in [7, 11) is 0. The van der Waals surface area contributed by atoms with E-state index >= 15 is 0 Å². The quantitative estimate of drug-likeness (QED) is 0.841. The highest BCUT2D eigenvalue weighted by atomic mass is 16.5. The summed E-state index contributed by atoms with van der Waals surface area (Å²) in [6.07, 6.45) is 3.59. The molecule has 1 aromatic rings. The lowest BCUT2D eigenvalue weighted by atomic mass is 9.94. The molecule has 0 spiro atoms. The summed E-state index contributed by atoms with van der Waals surface area (Å²) in [6.45, 7) is 8.58. The Morgan fingerprint density at radius 3 is 2.84 bits per heavy atom. The molecule has 1 aliphatic heterocycles. The van der Waals surface area contributed by atoms with Gasteiger partial charge >= 0.3 is 0 Å². The average molecular weight is 262 g/mol. The third-order valence-corrected chi connectivity index (χ3v) is 3.91. The second-order valence-electron chi connectivity index (χ2n) is 5.75. The molecule has 1 aromatic carbocycles. The number of nitrogens with zero attached hydrogens (tertiary/aromatic N) is 1. The van der Waals surface area contributed by atoms with E-state index in [1.807, 2.05) is 6.07 Å². The maximum Gasteiger partial charge on any atom is 0.144 e. The van der Waals surface area contributed by atoms with E-state index in [9.17, 15) is 0 Å². The lowest BCUT2D eigenvalue weighted by Gasteiger charge is -2.38. The van der Waals surface area contributed by atoms with Crippen molar-refractivity contribution >= 4 is 11.4 Å². The van der Waals surface area contributed by atoms with Gasteiger partial charge in [0.1, 0.15) is 5.75 Å². The van der Waals surface area contributed by atoms with Crippen molar-refractivity contribution in [2.24, 2.45) is 5.92 Å². The van der Waals surface area contributed by atoms with Gasteiger partial charge in [0, 0.05) is 24.3 Å². The lowest BCUT2D eigenvalue weighted by molar-refractivity contribution is 0.318. The van der Waals surface area contributed by atoms with Crippen LogP contribution < -0.4 is 15.4 Å². The molecule has 0 radical (unpaired) electrons. The second kappa shape index (κ2) is 6.18. The SMILES string of the molecule is CCCOc1cc(N2CC(C)CCC2C)ccc1N. The van der Waals surface area contributed by atoms with Crippen LogP contribution in [0.25, 0.3) is 0 Å². The maximum absolute atomic E-state index is 5.98. The van der Waals surface area contributed by atoms with Crippen molar-refractivity contribution in [1.29, 1.82) is 0 Å². The highest BCUT2D eigenvalue weighted by Gasteiger charge is 2.23. The zero-order chi connectivity index (χ0) is 13.8. The summed E-state index contributed by atoms with van der Waals surface area (Å²) in [5, 5.41) is 0. The average Bonchev–Trinajstić information content (AvgIpc) is 2.41. The van der Waals surface area contributed by atoms with E-state index in [0.717, 1.165) is 36.9 Å². The molecule has 2 atom stereocenters. The Morgan fingerprint density at radius 1 is 1.32 bits per heavy atom. The largest absolute Gasteiger partial charge is 0.491 e. The van der Waals surface area contributed by atoms with Gasteiger partial charge in [0.05, 0.1) is 12.3 Å². The minimum Gasteiger partial charge on any atom is -0.491 e. The fraction of sp³-hybridized carbons (Fsp3) is 0.625. The zero-order valence-corrected chi connectivity index (χ0v) is 12.4. The molecule has 2 rings (SSSR count). The zero-order valence-electron chi connectivity index (χ0n) is 12.4. The molecule has 3 nitrogen and oxygen atoms in total. The number of anilines is 2. The fourth-order valence-electron chi connectivity index (χ4n) is 2.69. The summed E-state index contributed by atoms with van der Waals surface area (Å²) in [6, 6.07) is 6.77. The fourth-order valence-corrected chi connectivity index (χ4v) is 2.69. The van der Waals surface area contributed by atoms with E-state index in [1.54, 1.807) is 0 Å². The topological polar surface area (TPSA) is 38.5 Å². The van der Waals surface area contributed by atoms with Crippen molar-refractivity contribution in [2.45, 2.75) is 46.1 Å². The Hall–Kier alpha value is -1.38. The molecular formula is C16H26N2O. The Bertz CT molecular complexity index is 419. The molecule has 0 saturated carbocycles. The van der Waals surface area contributed by atoms with Gasteiger partial charge in [-0.2, -0.15) is 0 Å². The first kappa shape index (κ1) is 14.0. The number of benzene rings is 1. The van der Waals surface area contributed by atoms with Crippen molar-refractivity contribution in [1.82, 2.24) is 0 Å². The minimum atomic E-state index is 0.596. The Labute approximate surface area is 116 Å². The molecule has 106 valence electrons. The van der Waals surface area contributed by atoms with Crippen LogP contribution in [0.2, 0.25) is 0 Å². The van der Waals surface area contributed by atoms with Gasteiger partial charge in [-0.15, -0.1) is 0 Å². The van der Waals surface area contributed by atoms with Gasteiger partial charge in [-0.05, 0) is 44.2 Å². The second-order valence-corrected chi connectivity index (χ2v) is 5.75. The van der Waals surface area contributed by atoms with Gasteiger partial charge in [0.2, 0.25) is 0 Å². The molecule has 1 saturated heterocycles. The van der Waals surface area contributed by atoms with Crippen molar-refractivity contribution in [3.8, 4) is 5.75 Å². The lowest BCUT2D eigenvalue weighted by Crippen LogP contribution is -2.41. The molecule has 2 N–H and O–H groups in total. The first-order chi connectivity index (χ1) is 9.11. The predicted molar refractivity (Wildman–Crippen MR) is 81.8 cm³/mol. The van der Waals surface area contributed by atoms with E-state index < -0.39 is 0 Å². The van der Waals surface area contributed by atoms with E-state index in [-0.39, 0.29) is 0 Å². The van der Waals surface area contributed by atoms with Gasteiger partial charge in [-0.25, -0.2) is 0 Å². The number of hydrogen-bond acceptors (Lipinski definition) is 3. The molecule has 0 amide bonds. The summed E-state index contributed by atoms with van der Waals surface area (Å²) < 4.78 is 5.73. The third-order valence-electron chi connectivity index (χ3n) is 3.91. The van der Waals surface area contributed by atoms with Crippen LogP contribution in [0.4, 0.5) is 11.4 Å². The normalized spacial score (nSPS) is 23.4. The predicted octanol–water partition coefficient (Wildman–Crippen LogP) is 3.68. The first-order valence-electron chi connectivity index (χ1n) is 7.40. The summed E-state index contributed by atoms with van der Waals surface area (Å²) in [5.41, 5.74) is 7.95. The van der Waals surface area contributed by atoms with E-state index in [2.05, 4.69) is 37.8 Å². The molecule has 3 heteroatoms. The van der Waals surface area contributed by atoms with E-state index in [4.69, 9.17) is 10.5 Å². The standard InChI is InChI=1S/C16H26N2O/c1-4-9-19-16-10-14(7-8-15(16)17)18-11-12(2)5-6-13(18)3/h7-8,10,12-13H,4-6,9,11,17H2,1-3H3. The molecule has 0 bridgehead atoms. The van der Waals surface area contributed by atoms with Crippen LogP contribution in [0.3, 0.4) is 0 Å². The summed E-state index contributed by atoms with van der Waals surface area (Å²) in [5.74, 6) is 1.58. The van der Waals surface area contributed by atoms with Crippen LogP contribution in [0.1, 0.15) is 40.0 Å². The number of rotatable bonds is 4. The summed E-state index contributed by atoms with van der Waals surface area (Å²) in [4.78, 5) is 2.48. The third kappa shape index (κ3) is 3.34. The van der Waals surface area contributed by atoms with Crippen LogP contribution in [-0.2, 0) is 0 Å². The monoisotopic (exact) mass is 262 g/mol. The van der Waals surface area contributed by atoms with Crippen molar-refractivity contribution in [3.05, 3.63) is 18.2 Å². The Balaban J connectivity index is 2.19. The highest BCUT2D eigenvalue weighted by Crippen LogP contribution is 2.32. The van der Waals surface area contributed by atoms with Gasteiger partial charge in [0.15, 0.2) is 0 Å². The first-order valence-corrected chi connectivity index (χ1v) is 7.40. The Kier molecular flexibility index (Phi) is 4.56. The van der Waals surface area contributed by atoms with Gasteiger partial charge < -0.3 is 15.4 Å². The number of hydrogen-bond donors (Lipinski definition) is 1. The molecule has 1 fully saturated rings. The Morgan fingerprint density at radius 2 is 2.11 bits per heavy atom. The number of nitrogen functional groups attached to an aromatic ring is 1. The van der Waals surface area contributed by atoms with Crippen LogP contribution >= 0.6 is 0 Å². The molecule has 0 aliphatic carbocycles. The van der Waals surface area contributed by atoms with E-state index in [1.165, 1.54) is 18.5 Å². The van der Waals surface area contributed by atoms with Crippen LogP contribution in [0.15, 0.2) is 18.2 Å².